The van der Waals surface area contributed by atoms with Crippen molar-refractivity contribution in [2.24, 2.45) is 5.10 Å². The molecule has 0 spiro atoms. The zero-order valence-electron chi connectivity index (χ0n) is 14.1. The fourth-order valence-corrected chi connectivity index (χ4v) is 2.16. The molecule has 1 amide bonds. The number of carbonyl (C=O) groups excluding carboxylic acids is 1. The van der Waals surface area contributed by atoms with Gasteiger partial charge in [0.25, 0.3) is 0 Å². The van der Waals surface area contributed by atoms with Crippen LogP contribution in [-0.2, 0) is 4.79 Å². The summed E-state index contributed by atoms with van der Waals surface area (Å²) in [5.41, 5.74) is 4.71. The van der Waals surface area contributed by atoms with Crippen molar-refractivity contribution in [2.75, 3.05) is 19.0 Å². The maximum Gasteiger partial charge on any atom is 0.240 e. The normalized spacial score (nSPS) is 10.9. The first kappa shape index (κ1) is 18.2. The Bertz CT molecular complexity index is 452. The van der Waals surface area contributed by atoms with Crippen LogP contribution in [0.5, 0.6) is 0 Å². The fourth-order valence-electron chi connectivity index (χ4n) is 2.16. The molecule has 4 nitrogen and oxygen atoms in total. The lowest BCUT2D eigenvalue weighted by molar-refractivity contribution is -0.121. The zero-order chi connectivity index (χ0) is 16.2. The monoisotopic (exact) mass is 303 g/mol. The highest BCUT2D eigenvalue weighted by molar-refractivity contribution is 5.82. The summed E-state index contributed by atoms with van der Waals surface area (Å²) in [5.74, 6) is -0.00310. The lowest BCUT2D eigenvalue weighted by Crippen LogP contribution is -2.16. The molecule has 22 heavy (non-hydrogen) atoms. The second kappa shape index (κ2) is 10.8. The van der Waals surface area contributed by atoms with Crippen molar-refractivity contribution in [3.63, 3.8) is 0 Å². The minimum absolute atomic E-state index is 0.00310. The lowest BCUT2D eigenvalue weighted by atomic mass is 10.1. The molecule has 1 rings (SSSR count). The van der Waals surface area contributed by atoms with E-state index in [-0.39, 0.29) is 5.91 Å². The molecular weight excluding hydrogens is 274 g/mol. The number of benzene rings is 1. The van der Waals surface area contributed by atoms with Gasteiger partial charge >= 0.3 is 0 Å². The molecule has 0 radical (unpaired) electrons. The number of hydrogen-bond acceptors (Lipinski definition) is 3. The van der Waals surface area contributed by atoms with E-state index in [9.17, 15) is 4.79 Å². The highest BCUT2D eigenvalue weighted by atomic mass is 16.2. The first-order chi connectivity index (χ1) is 10.6. The topological polar surface area (TPSA) is 44.7 Å². The lowest BCUT2D eigenvalue weighted by Gasteiger charge is -2.11. The average Bonchev–Trinajstić information content (AvgIpc) is 2.51. The van der Waals surface area contributed by atoms with E-state index in [4.69, 9.17) is 0 Å². The van der Waals surface area contributed by atoms with Crippen molar-refractivity contribution < 1.29 is 4.79 Å². The molecule has 1 N–H and O–H groups in total. The number of carbonyl (C=O) groups is 1. The van der Waals surface area contributed by atoms with Gasteiger partial charge in [0.2, 0.25) is 5.91 Å². The van der Waals surface area contributed by atoms with Crippen LogP contribution < -0.4 is 10.3 Å². The van der Waals surface area contributed by atoms with Gasteiger partial charge in [-0.3, -0.25) is 4.79 Å². The molecule has 0 heterocycles. The number of hydrogen-bond donors (Lipinski definition) is 1. The van der Waals surface area contributed by atoms with Gasteiger partial charge < -0.3 is 4.90 Å². The van der Waals surface area contributed by atoms with Crippen LogP contribution in [0, 0.1) is 0 Å². The first-order valence-corrected chi connectivity index (χ1v) is 8.22. The van der Waals surface area contributed by atoms with Crippen LogP contribution in [0.1, 0.15) is 57.4 Å². The van der Waals surface area contributed by atoms with Gasteiger partial charge in [-0.2, -0.15) is 5.10 Å². The van der Waals surface area contributed by atoms with Gasteiger partial charge in [-0.25, -0.2) is 5.43 Å². The first-order valence-electron chi connectivity index (χ1n) is 8.22. The predicted molar refractivity (Wildman–Crippen MR) is 94.5 cm³/mol. The second-order valence-electron chi connectivity index (χ2n) is 5.80. The molecule has 0 bridgehead atoms. The number of rotatable bonds is 10. The van der Waals surface area contributed by atoms with Crippen molar-refractivity contribution in [3.05, 3.63) is 29.8 Å². The Morgan fingerprint density at radius 1 is 1.09 bits per heavy atom. The van der Waals surface area contributed by atoms with Crippen molar-refractivity contribution in [1.29, 1.82) is 0 Å². The van der Waals surface area contributed by atoms with Crippen LogP contribution >= 0.6 is 0 Å². The maximum absolute atomic E-state index is 11.6. The van der Waals surface area contributed by atoms with Gasteiger partial charge in [0.05, 0.1) is 6.21 Å². The molecule has 0 aliphatic carbocycles. The third kappa shape index (κ3) is 7.81. The summed E-state index contributed by atoms with van der Waals surface area (Å²) in [6.07, 6.45) is 9.36. The SMILES string of the molecule is CCCCCCCCC(=O)NN=Cc1ccc(N(C)C)cc1. The van der Waals surface area contributed by atoms with Crippen LogP contribution in [0.15, 0.2) is 29.4 Å². The van der Waals surface area contributed by atoms with E-state index >= 15 is 0 Å². The average molecular weight is 303 g/mol. The van der Waals surface area contributed by atoms with E-state index in [1.165, 1.54) is 25.7 Å². The minimum atomic E-state index is -0.00310. The van der Waals surface area contributed by atoms with Crippen LogP contribution in [0.3, 0.4) is 0 Å². The molecular formula is C18H29N3O. The van der Waals surface area contributed by atoms with Crippen molar-refractivity contribution in [3.8, 4) is 0 Å². The third-order valence-electron chi connectivity index (χ3n) is 3.57. The summed E-state index contributed by atoms with van der Waals surface area (Å²) in [7, 11) is 4.01. The Morgan fingerprint density at radius 3 is 2.36 bits per heavy atom. The van der Waals surface area contributed by atoms with Crippen molar-refractivity contribution in [1.82, 2.24) is 5.43 Å². The summed E-state index contributed by atoms with van der Waals surface area (Å²) in [6, 6.07) is 8.02. The number of anilines is 1. The Balaban J connectivity index is 2.20. The molecule has 4 heteroatoms. The van der Waals surface area contributed by atoms with Crippen LogP contribution in [0.4, 0.5) is 5.69 Å². The van der Waals surface area contributed by atoms with Gasteiger partial charge in [-0.05, 0) is 24.1 Å². The standard InChI is InChI=1S/C18H29N3O/c1-4-5-6-7-8-9-10-18(22)20-19-15-16-11-13-17(14-12-16)21(2)3/h11-15H,4-10H2,1-3H3,(H,20,22). The quantitative estimate of drug-likeness (QED) is 0.404. The second-order valence-corrected chi connectivity index (χ2v) is 5.80. The number of nitrogens with one attached hydrogen (secondary N) is 1. The number of nitrogens with zero attached hydrogens (tertiary/aromatic N) is 2. The van der Waals surface area contributed by atoms with Crippen LogP contribution in [0.2, 0.25) is 0 Å². The summed E-state index contributed by atoms with van der Waals surface area (Å²) in [6.45, 7) is 2.21. The van der Waals surface area contributed by atoms with E-state index in [0.29, 0.717) is 6.42 Å². The highest BCUT2D eigenvalue weighted by Gasteiger charge is 1.99. The molecule has 1 aromatic rings. The molecule has 0 aromatic heterocycles. The minimum Gasteiger partial charge on any atom is -0.378 e. The summed E-state index contributed by atoms with van der Waals surface area (Å²) >= 11 is 0. The van der Waals surface area contributed by atoms with Gasteiger partial charge in [0.15, 0.2) is 0 Å². The van der Waals surface area contributed by atoms with Crippen LogP contribution in [0.25, 0.3) is 0 Å². The Labute approximate surface area is 134 Å². The summed E-state index contributed by atoms with van der Waals surface area (Å²) in [5, 5.41) is 4.01. The highest BCUT2D eigenvalue weighted by Crippen LogP contribution is 2.11. The molecule has 0 unspecified atom stereocenters. The van der Waals surface area contributed by atoms with Gasteiger partial charge in [0.1, 0.15) is 0 Å². The molecule has 0 aliphatic heterocycles. The molecule has 0 saturated carbocycles. The Hall–Kier alpha value is -1.84. The maximum atomic E-state index is 11.6. The van der Waals surface area contributed by atoms with E-state index in [2.05, 4.69) is 17.5 Å². The molecule has 0 fully saturated rings. The van der Waals surface area contributed by atoms with Gasteiger partial charge in [0, 0.05) is 26.2 Å². The Kier molecular flexibility index (Phi) is 8.96. The van der Waals surface area contributed by atoms with E-state index in [0.717, 1.165) is 24.1 Å². The third-order valence-corrected chi connectivity index (χ3v) is 3.57. The Morgan fingerprint density at radius 2 is 1.73 bits per heavy atom. The largest absolute Gasteiger partial charge is 0.378 e. The molecule has 122 valence electrons. The van der Waals surface area contributed by atoms with E-state index in [1.807, 2.05) is 43.3 Å². The molecule has 0 aliphatic rings. The van der Waals surface area contributed by atoms with Gasteiger partial charge in [-0.15, -0.1) is 0 Å². The van der Waals surface area contributed by atoms with Crippen LogP contribution in [-0.4, -0.2) is 26.2 Å². The van der Waals surface area contributed by atoms with Crippen molar-refractivity contribution in [2.45, 2.75) is 51.9 Å². The molecule has 0 saturated heterocycles. The number of hydrazone groups is 1. The predicted octanol–water partition coefficient (Wildman–Crippen LogP) is 3.95. The smallest absolute Gasteiger partial charge is 0.240 e. The van der Waals surface area contributed by atoms with Crippen molar-refractivity contribution >= 4 is 17.8 Å². The molecule has 1 aromatic carbocycles. The molecule has 0 atom stereocenters. The summed E-state index contributed by atoms with van der Waals surface area (Å²) in [4.78, 5) is 13.7. The summed E-state index contributed by atoms with van der Waals surface area (Å²) < 4.78 is 0. The number of amides is 1. The fraction of sp³-hybridized carbons (Fsp3) is 0.556. The van der Waals surface area contributed by atoms with Gasteiger partial charge in [-0.1, -0.05) is 51.2 Å². The zero-order valence-corrected chi connectivity index (χ0v) is 14.1. The number of unbranched alkanes of at least 4 members (excludes halogenated alkanes) is 5. The van der Waals surface area contributed by atoms with E-state index < -0.39 is 0 Å². The van der Waals surface area contributed by atoms with E-state index in [1.54, 1.807) is 6.21 Å².